The smallest absolute Gasteiger partial charge is 0.681 e. The van der Waals surface area contributed by atoms with Crippen molar-refractivity contribution in [3.05, 3.63) is 207 Å². The van der Waals surface area contributed by atoms with Gasteiger partial charge in [-0.3, -0.25) is 0 Å². The van der Waals surface area contributed by atoms with Gasteiger partial charge in [-0.2, -0.15) is 11.4 Å². The van der Waals surface area contributed by atoms with Crippen molar-refractivity contribution in [2.75, 3.05) is 0 Å². The summed E-state index contributed by atoms with van der Waals surface area (Å²) in [6.45, 7) is 0. The first kappa shape index (κ1) is 49.0. The number of hydrogen-bond acceptors (Lipinski definition) is 0. The Bertz CT molecular complexity index is 3110. The van der Waals surface area contributed by atoms with E-state index in [9.17, 15) is 52.7 Å². The molecule has 2 unspecified atom stereocenters. The third-order valence-electron chi connectivity index (χ3n) is 11.4. The molecule has 3 aliphatic heterocycles. The van der Waals surface area contributed by atoms with E-state index in [0.717, 1.165) is 0 Å². The summed E-state index contributed by atoms with van der Waals surface area (Å²) in [5.41, 5.74) is -15.6. The zero-order valence-corrected chi connectivity index (χ0v) is 35.2. The van der Waals surface area contributed by atoms with E-state index >= 15 is 35.1 Å². The second-order valence-corrected chi connectivity index (χ2v) is 15.0. The molecule has 2 aromatic heterocycles. The summed E-state index contributed by atoms with van der Waals surface area (Å²) in [6.07, 6.45) is -3.13. The van der Waals surface area contributed by atoms with Gasteiger partial charge in [0.1, 0.15) is 0 Å². The molecule has 3 aliphatic rings. The molecule has 4 aromatic carbocycles. The van der Waals surface area contributed by atoms with Crippen LogP contribution >= 0.6 is 0 Å². The maximum absolute atomic E-state index is 15.8. The van der Waals surface area contributed by atoms with Crippen LogP contribution in [0.25, 0.3) is 32.9 Å². The molecular formula is C44H14F20N4Pt. The van der Waals surface area contributed by atoms with Crippen LogP contribution in [-0.4, -0.2) is 12.1 Å². The minimum atomic E-state index is -2.70. The maximum Gasteiger partial charge on any atom is 4.00 e. The summed E-state index contributed by atoms with van der Waals surface area (Å²) in [6, 6.07) is -1.53. The summed E-state index contributed by atoms with van der Waals surface area (Å²) in [5.74, 6) is -52.0. The van der Waals surface area contributed by atoms with Gasteiger partial charge in [0.25, 0.3) is 0 Å². The summed E-state index contributed by atoms with van der Waals surface area (Å²) in [5, 5.41) is 6.31. The Labute approximate surface area is 385 Å². The van der Waals surface area contributed by atoms with Gasteiger partial charge in [-0.05, 0) is 24.0 Å². The fourth-order valence-electron chi connectivity index (χ4n) is 8.38. The normalized spacial score (nSPS) is 17.0. The standard InChI is InChI=1S/C44H14F20N4.Pt/c45-25-21(26(46)34(54)41(61)33(25)53)17-9-1-2-10(65-9)18(22-27(47)35(55)42(62)36(56)28(22)48)12-5-6-14(67-12)20(24-31(51)39(59)44(64)40(60)32(24)52)16-8-7-15(68-16)19(13-4-3-11(17)66-13)23-29(49)37(57)43(63)38(58)30(23)50;/h1-2,7-8,11-12H,3-6H2;/q-4;+4. The molecule has 4 nitrogen and oxygen atoms in total. The Morgan fingerprint density at radius 1 is 0.304 bits per heavy atom. The Kier molecular flexibility index (Phi) is 12.4. The third kappa shape index (κ3) is 7.25. The summed E-state index contributed by atoms with van der Waals surface area (Å²) in [7, 11) is 0. The van der Waals surface area contributed by atoms with E-state index in [0.29, 0.717) is 24.3 Å². The fourth-order valence-corrected chi connectivity index (χ4v) is 8.38. The fraction of sp³-hybridized carbons (Fsp3) is 0.136. The molecule has 9 rings (SSSR count). The molecule has 25 heteroatoms. The van der Waals surface area contributed by atoms with E-state index in [-0.39, 0.29) is 21.1 Å². The van der Waals surface area contributed by atoms with Crippen LogP contribution in [0.1, 0.15) is 59.3 Å². The van der Waals surface area contributed by atoms with Gasteiger partial charge in [0.15, 0.2) is 93.1 Å². The number of benzene rings is 4. The van der Waals surface area contributed by atoms with Crippen LogP contribution in [0, 0.1) is 116 Å². The molecule has 0 amide bonds. The van der Waals surface area contributed by atoms with Gasteiger partial charge in [-0.25, -0.2) is 87.8 Å². The van der Waals surface area contributed by atoms with Crippen molar-refractivity contribution in [2.45, 2.75) is 37.8 Å². The van der Waals surface area contributed by atoms with Gasteiger partial charge in [-0.15, -0.1) is 22.1 Å². The molecule has 0 saturated carbocycles. The average molecular weight is 1170 g/mol. The van der Waals surface area contributed by atoms with Crippen molar-refractivity contribution in [2.24, 2.45) is 0 Å². The van der Waals surface area contributed by atoms with Crippen molar-refractivity contribution in [3.8, 4) is 0 Å². The second-order valence-electron chi connectivity index (χ2n) is 15.0. The van der Waals surface area contributed by atoms with E-state index in [4.69, 9.17) is 0 Å². The van der Waals surface area contributed by atoms with E-state index in [1.54, 1.807) is 0 Å². The minimum Gasteiger partial charge on any atom is -0.681 e. The molecule has 69 heavy (non-hydrogen) atoms. The Morgan fingerprint density at radius 3 is 0.826 bits per heavy atom. The summed E-state index contributed by atoms with van der Waals surface area (Å²) < 4.78 is 303. The van der Waals surface area contributed by atoms with Crippen molar-refractivity contribution in [1.82, 2.24) is 9.97 Å². The third-order valence-corrected chi connectivity index (χ3v) is 11.4. The Balaban J connectivity index is 0.00000642. The molecular weight excluding hydrogens is 1160 g/mol. The molecule has 6 aromatic rings. The number of rotatable bonds is 4. The molecule has 5 heterocycles. The minimum absolute atomic E-state index is 0. The predicted octanol–water partition coefficient (Wildman–Crippen LogP) is 11.1. The van der Waals surface area contributed by atoms with Gasteiger partial charge < -0.3 is 20.6 Å². The first-order valence-electron chi connectivity index (χ1n) is 19.1. The molecule has 8 bridgehead atoms. The number of nitrogens with zero attached hydrogens (tertiary/aromatic N) is 4. The SMILES string of the molecule is Fc1c(F)c(F)c(C2=C3CCC([N-]3)C(c3c(F)c(F)c(F)c(F)c3F)=c3ccc([n-]3)=C(c3c(F)c(F)c(F)c(F)c3F)C3CCC(=C(c4c(F)c(F)c(F)c(F)c4F)c4ccc2[n-]4)[N-]3)c(F)c1F.[Pt+4]. The molecule has 0 N–H and O–H groups in total. The second kappa shape index (κ2) is 17.5. The van der Waals surface area contributed by atoms with Crippen molar-refractivity contribution in [3.63, 3.8) is 0 Å². The van der Waals surface area contributed by atoms with E-state index < -0.39 is 232 Å². The number of halogens is 20. The van der Waals surface area contributed by atoms with Gasteiger partial charge in [0.2, 0.25) is 23.3 Å². The molecule has 2 fully saturated rings. The molecule has 2 saturated heterocycles. The molecule has 0 radical (unpaired) electrons. The van der Waals surface area contributed by atoms with Crippen LogP contribution in [0.5, 0.6) is 0 Å². The predicted molar refractivity (Wildman–Crippen MR) is 194 cm³/mol. The number of hydrogen-bond donors (Lipinski definition) is 0. The van der Waals surface area contributed by atoms with Gasteiger partial charge >= 0.3 is 21.1 Å². The van der Waals surface area contributed by atoms with Crippen molar-refractivity contribution >= 4 is 22.3 Å². The van der Waals surface area contributed by atoms with Crippen LogP contribution in [0.2, 0.25) is 0 Å². The van der Waals surface area contributed by atoms with Gasteiger partial charge in [0, 0.05) is 0 Å². The molecule has 360 valence electrons. The van der Waals surface area contributed by atoms with Crippen LogP contribution in [-0.2, 0) is 21.1 Å². The van der Waals surface area contributed by atoms with Gasteiger partial charge in [-0.1, -0.05) is 60.3 Å². The zero-order valence-electron chi connectivity index (χ0n) is 33.0. The number of aromatic nitrogens is 2. The Hall–Kier alpha value is -6.45. The Morgan fingerprint density at radius 2 is 0.551 bits per heavy atom. The number of allylic oxidation sites excluding steroid dienone is 2. The van der Waals surface area contributed by atoms with E-state index in [1.807, 2.05) is 0 Å². The maximum atomic E-state index is 15.8. The van der Waals surface area contributed by atoms with Crippen molar-refractivity contribution < 1.29 is 109 Å². The van der Waals surface area contributed by atoms with E-state index in [2.05, 4.69) is 20.6 Å². The van der Waals surface area contributed by atoms with Crippen LogP contribution in [0.4, 0.5) is 87.8 Å². The number of fused-ring (bicyclic) bond motifs is 8. The molecule has 2 atom stereocenters. The first-order chi connectivity index (χ1) is 32.1. The largest absolute Gasteiger partial charge is 4.00 e. The van der Waals surface area contributed by atoms with E-state index in [1.165, 1.54) is 0 Å². The van der Waals surface area contributed by atoms with Crippen LogP contribution in [0.3, 0.4) is 0 Å². The summed E-state index contributed by atoms with van der Waals surface area (Å²) in [4.78, 5) is 7.98. The average Bonchev–Trinajstić information content (AvgIpc) is 4.18. The molecule has 0 aliphatic carbocycles. The van der Waals surface area contributed by atoms with Gasteiger partial charge in [0.05, 0.1) is 22.3 Å². The van der Waals surface area contributed by atoms with Crippen molar-refractivity contribution in [1.29, 1.82) is 0 Å². The monoisotopic (exact) mass is 1170 g/mol. The summed E-state index contributed by atoms with van der Waals surface area (Å²) >= 11 is 0. The first-order valence-corrected chi connectivity index (χ1v) is 19.1. The van der Waals surface area contributed by atoms with Crippen LogP contribution in [0.15, 0.2) is 35.7 Å². The quantitative estimate of drug-likeness (QED) is 0.100. The zero-order chi connectivity index (χ0) is 49.3. The van der Waals surface area contributed by atoms with Crippen LogP contribution < -0.4 is 20.7 Å². The molecule has 0 spiro atoms. The topological polar surface area (TPSA) is 56.4 Å².